The molecule has 2 N–H and O–H groups in total. The van der Waals surface area contributed by atoms with Crippen LogP contribution >= 0.6 is 0 Å². The number of nitrogens with zero attached hydrogens (tertiary/aromatic N) is 1. The van der Waals surface area contributed by atoms with Gasteiger partial charge in [-0.3, -0.25) is 0 Å². The van der Waals surface area contributed by atoms with Crippen LogP contribution in [-0.4, -0.2) is 7.05 Å². The van der Waals surface area contributed by atoms with E-state index in [1.165, 1.54) is 12.1 Å². The number of hydrogen-bond donors (Lipinski definition) is 1. The molecule has 0 aliphatic heterocycles. The Morgan fingerprint density at radius 1 is 1.00 bits per heavy atom. The van der Waals surface area contributed by atoms with Crippen LogP contribution in [0.2, 0.25) is 0 Å². The summed E-state index contributed by atoms with van der Waals surface area (Å²) in [7, 11) is 1.67. The fourth-order valence-corrected chi connectivity index (χ4v) is 2.15. The maximum absolute atomic E-state index is 14.0. The Morgan fingerprint density at radius 3 is 2.05 bits per heavy atom. The lowest BCUT2D eigenvalue weighted by Crippen LogP contribution is -2.19. The van der Waals surface area contributed by atoms with Crippen molar-refractivity contribution in [2.75, 3.05) is 11.9 Å². The molecule has 0 spiro atoms. The lowest BCUT2D eigenvalue weighted by Gasteiger charge is -2.21. The van der Waals surface area contributed by atoms with E-state index in [1.807, 2.05) is 31.2 Å². The highest BCUT2D eigenvalue weighted by Gasteiger charge is 2.15. The molecule has 0 radical (unpaired) electrons. The monoisotopic (exact) mass is 276 g/mol. The van der Waals surface area contributed by atoms with E-state index in [0.29, 0.717) is 12.1 Å². The lowest BCUT2D eigenvalue weighted by molar-refractivity contribution is 0.573. The van der Waals surface area contributed by atoms with Gasteiger partial charge in [0.25, 0.3) is 0 Å². The molecule has 0 bridgehead atoms. The number of aryl methyl sites for hydroxylation is 1. The SMILES string of the molecule is Cc1ccc(CN(C)c2c(F)cc(CN)cc2F)cc1. The predicted molar refractivity (Wildman–Crippen MR) is 77.5 cm³/mol. The van der Waals surface area contributed by atoms with Crippen molar-refractivity contribution in [3.63, 3.8) is 0 Å². The van der Waals surface area contributed by atoms with Crippen LogP contribution in [0.15, 0.2) is 36.4 Å². The van der Waals surface area contributed by atoms with E-state index in [9.17, 15) is 8.78 Å². The standard InChI is InChI=1S/C16H18F2N2/c1-11-3-5-12(6-4-11)10-20(2)16-14(17)7-13(9-19)8-15(16)18/h3-8H,9-10,19H2,1-2H3. The zero-order valence-corrected chi connectivity index (χ0v) is 11.7. The van der Waals surface area contributed by atoms with Crippen molar-refractivity contribution in [1.29, 1.82) is 0 Å². The van der Waals surface area contributed by atoms with E-state index in [0.717, 1.165) is 11.1 Å². The minimum absolute atomic E-state index is 0.0252. The van der Waals surface area contributed by atoms with E-state index in [4.69, 9.17) is 5.73 Å². The van der Waals surface area contributed by atoms with Gasteiger partial charge in [0.2, 0.25) is 0 Å². The van der Waals surface area contributed by atoms with Crippen LogP contribution in [0.3, 0.4) is 0 Å². The quantitative estimate of drug-likeness (QED) is 0.927. The summed E-state index contributed by atoms with van der Waals surface area (Å²) >= 11 is 0. The topological polar surface area (TPSA) is 29.3 Å². The Labute approximate surface area is 117 Å². The van der Waals surface area contributed by atoms with Crippen LogP contribution in [0.5, 0.6) is 0 Å². The second-order valence-corrected chi connectivity index (χ2v) is 4.95. The van der Waals surface area contributed by atoms with E-state index >= 15 is 0 Å². The molecule has 0 saturated heterocycles. The van der Waals surface area contributed by atoms with Crippen LogP contribution in [0, 0.1) is 18.6 Å². The zero-order chi connectivity index (χ0) is 14.7. The third kappa shape index (κ3) is 3.14. The van der Waals surface area contributed by atoms with Gasteiger partial charge in [0.1, 0.15) is 17.3 Å². The molecule has 0 aromatic heterocycles. The van der Waals surface area contributed by atoms with E-state index in [1.54, 1.807) is 11.9 Å². The van der Waals surface area contributed by atoms with Crippen molar-refractivity contribution in [3.05, 3.63) is 64.7 Å². The summed E-state index contributed by atoms with van der Waals surface area (Å²) in [5, 5.41) is 0. The third-order valence-corrected chi connectivity index (χ3v) is 3.23. The van der Waals surface area contributed by atoms with E-state index < -0.39 is 11.6 Å². The van der Waals surface area contributed by atoms with Gasteiger partial charge in [0, 0.05) is 20.1 Å². The molecule has 106 valence electrons. The fourth-order valence-electron chi connectivity index (χ4n) is 2.15. The Kier molecular flexibility index (Phi) is 4.35. The number of rotatable bonds is 4. The first-order chi connectivity index (χ1) is 9.51. The van der Waals surface area contributed by atoms with Crippen LogP contribution in [0.25, 0.3) is 0 Å². The molecule has 20 heavy (non-hydrogen) atoms. The molecule has 0 unspecified atom stereocenters. The van der Waals surface area contributed by atoms with Crippen molar-refractivity contribution < 1.29 is 8.78 Å². The van der Waals surface area contributed by atoms with Gasteiger partial charge in [-0.15, -0.1) is 0 Å². The molecule has 2 nitrogen and oxygen atoms in total. The average molecular weight is 276 g/mol. The molecule has 2 aromatic rings. The Bertz CT molecular complexity index is 571. The van der Waals surface area contributed by atoms with Gasteiger partial charge in [0.05, 0.1) is 0 Å². The van der Waals surface area contributed by atoms with Crippen molar-refractivity contribution in [2.24, 2.45) is 5.73 Å². The molecular formula is C16H18F2N2. The maximum atomic E-state index is 14.0. The summed E-state index contributed by atoms with van der Waals surface area (Å²) < 4.78 is 28.0. The molecule has 0 amide bonds. The minimum atomic E-state index is -0.583. The number of benzene rings is 2. The van der Waals surface area contributed by atoms with Crippen molar-refractivity contribution in [2.45, 2.75) is 20.0 Å². The second-order valence-electron chi connectivity index (χ2n) is 4.95. The third-order valence-electron chi connectivity index (χ3n) is 3.23. The number of hydrogen-bond acceptors (Lipinski definition) is 2. The smallest absolute Gasteiger partial charge is 0.149 e. The highest BCUT2D eigenvalue weighted by molar-refractivity contribution is 5.50. The number of halogens is 2. The summed E-state index contributed by atoms with van der Waals surface area (Å²) in [5.74, 6) is -1.17. The first kappa shape index (κ1) is 14.5. The Balaban J connectivity index is 2.25. The molecule has 0 fully saturated rings. The van der Waals surface area contributed by atoms with Gasteiger partial charge in [-0.05, 0) is 30.2 Å². The maximum Gasteiger partial charge on any atom is 0.149 e. The van der Waals surface area contributed by atoms with Crippen LogP contribution in [0.1, 0.15) is 16.7 Å². The van der Waals surface area contributed by atoms with Crippen LogP contribution < -0.4 is 10.6 Å². The zero-order valence-electron chi connectivity index (χ0n) is 11.7. The average Bonchev–Trinajstić information content (AvgIpc) is 2.40. The normalized spacial score (nSPS) is 10.7. The first-order valence-electron chi connectivity index (χ1n) is 6.46. The van der Waals surface area contributed by atoms with E-state index in [2.05, 4.69) is 0 Å². The highest BCUT2D eigenvalue weighted by Crippen LogP contribution is 2.25. The van der Waals surface area contributed by atoms with Gasteiger partial charge in [-0.1, -0.05) is 29.8 Å². The summed E-state index contributed by atoms with van der Waals surface area (Å²) in [4.78, 5) is 1.57. The van der Waals surface area contributed by atoms with Crippen LogP contribution in [0.4, 0.5) is 14.5 Å². The molecule has 0 heterocycles. The summed E-state index contributed by atoms with van der Waals surface area (Å²) in [6.07, 6.45) is 0. The summed E-state index contributed by atoms with van der Waals surface area (Å²) in [6.45, 7) is 2.56. The first-order valence-corrected chi connectivity index (χ1v) is 6.46. The molecule has 0 saturated carbocycles. The van der Waals surface area contributed by atoms with Gasteiger partial charge in [0.15, 0.2) is 0 Å². The van der Waals surface area contributed by atoms with E-state index in [-0.39, 0.29) is 12.2 Å². The number of anilines is 1. The highest BCUT2D eigenvalue weighted by atomic mass is 19.1. The van der Waals surface area contributed by atoms with Crippen molar-refractivity contribution >= 4 is 5.69 Å². The Morgan fingerprint density at radius 2 is 1.55 bits per heavy atom. The molecular weight excluding hydrogens is 258 g/mol. The minimum Gasteiger partial charge on any atom is -0.366 e. The van der Waals surface area contributed by atoms with Crippen molar-refractivity contribution in [1.82, 2.24) is 0 Å². The summed E-state index contributed by atoms with van der Waals surface area (Å²) in [5.41, 5.74) is 7.98. The van der Waals surface area contributed by atoms with Crippen LogP contribution in [-0.2, 0) is 13.1 Å². The second kappa shape index (κ2) is 6.01. The molecule has 2 rings (SSSR count). The van der Waals surface area contributed by atoms with Gasteiger partial charge in [-0.2, -0.15) is 0 Å². The summed E-state index contributed by atoms with van der Waals surface area (Å²) in [6, 6.07) is 10.4. The van der Waals surface area contributed by atoms with Gasteiger partial charge >= 0.3 is 0 Å². The molecule has 2 aromatic carbocycles. The van der Waals surface area contributed by atoms with Gasteiger partial charge in [-0.25, -0.2) is 8.78 Å². The molecule has 4 heteroatoms. The molecule has 0 atom stereocenters. The largest absolute Gasteiger partial charge is 0.366 e. The lowest BCUT2D eigenvalue weighted by atomic mass is 10.1. The fraction of sp³-hybridized carbons (Fsp3) is 0.250. The molecule has 0 aliphatic rings. The predicted octanol–water partition coefficient (Wildman–Crippen LogP) is 3.37. The van der Waals surface area contributed by atoms with Crippen molar-refractivity contribution in [3.8, 4) is 0 Å². The molecule has 0 aliphatic carbocycles. The van der Waals surface area contributed by atoms with Gasteiger partial charge < -0.3 is 10.6 Å². The number of nitrogens with two attached hydrogens (primary N) is 1. The Hall–Kier alpha value is -1.94.